The van der Waals surface area contributed by atoms with Gasteiger partial charge < -0.3 is 4.74 Å². The molecule has 2 aliphatic rings. The molecule has 1 saturated heterocycles. The van der Waals surface area contributed by atoms with Crippen molar-refractivity contribution in [2.75, 3.05) is 19.7 Å². The molecule has 0 amide bonds. The number of thiazole rings is 1. The molecule has 0 N–H and O–H groups in total. The van der Waals surface area contributed by atoms with Crippen molar-refractivity contribution in [1.82, 2.24) is 9.88 Å². The smallest absolute Gasteiger partial charge is 0.123 e. The number of nitrogens with zero attached hydrogens (tertiary/aromatic N) is 2. The van der Waals surface area contributed by atoms with E-state index in [2.05, 4.69) is 54.2 Å². The number of rotatable bonds is 5. The van der Waals surface area contributed by atoms with E-state index in [1.807, 2.05) is 11.3 Å². The van der Waals surface area contributed by atoms with Crippen LogP contribution in [0.15, 0.2) is 30.5 Å². The molecule has 2 heterocycles. The Morgan fingerprint density at radius 1 is 1.29 bits per heavy atom. The lowest BCUT2D eigenvalue weighted by molar-refractivity contribution is -0.0718. The first-order chi connectivity index (χ1) is 11.7. The third kappa shape index (κ3) is 3.28. The zero-order valence-corrected chi connectivity index (χ0v) is 15.4. The van der Waals surface area contributed by atoms with Gasteiger partial charge in [-0.1, -0.05) is 29.8 Å². The van der Waals surface area contributed by atoms with Crippen LogP contribution in [0.3, 0.4) is 0 Å². The molecule has 0 radical (unpaired) electrons. The summed E-state index contributed by atoms with van der Waals surface area (Å²) in [6.07, 6.45) is 6.43. The summed E-state index contributed by atoms with van der Waals surface area (Å²) in [5.41, 5.74) is 3.07. The summed E-state index contributed by atoms with van der Waals surface area (Å²) in [4.78, 5) is 8.62. The molecule has 2 aromatic rings. The van der Waals surface area contributed by atoms with E-state index >= 15 is 0 Å². The Balaban J connectivity index is 1.35. The van der Waals surface area contributed by atoms with Crippen molar-refractivity contribution >= 4 is 11.3 Å². The topological polar surface area (TPSA) is 25.4 Å². The van der Waals surface area contributed by atoms with Gasteiger partial charge in [0.05, 0.1) is 6.10 Å². The second-order valence-electron chi connectivity index (χ2n) is 7.44. The predicted octanol–water partition coefficient (Wildman–Crippen LogP) is 4.51. The van der Waals surface area contributed by atoms with E-state index in [1.54, 1.807) is 0 Å². The molecular formula is C20H26N2OS. The average molecular weight is 343 g/mol. The maximum absolute atomic E-state index is 5.75. The highest BCUT2D eigenvalue weighted by Gasteiger charge is 2.48. The summed E-state index contributed by atoms with van der Waals surface area (Å²) in [6, 6.07) is 8.66. The number of aromatic nitrogens is 1. The van der Waals surface area contributed by atoms with Crippen molar-refractivity contribution < 1.29 is 4.74 Å². The standard InChI is InChI=1S/C20H26N2OS/c1-3-23-17-10-20(11-17)8-9-22(14-20)13-18-12-21-19(24-18)16-6-4-15(2)5-7-16/h4-7,12,17H,3,8-11,13-14H2,1-2H3. The number of hydrogen-bond donors (Lipinski definition) is 0. The lowest BCUT2D eigenvalue weighted by atomic mass is 9.66. The molecule has 1 aliphatic carbocycles. The van der Waals surface area contributed by atoms with E-state index in [4.69, 9.17) is 4.74 Å². The number of ether oxygens (including phenoxy) is 1. The van der Waals surface area contributed by atoms with E-state index in [9.17, 15) is 0 Å². The molecule has 1 saturated carbocycles. The van der Waals surface area contributed by atoms with E-state index in [1.165, 1.54) is 48.4 Å². The molecule has 2 fully saturated rings. The van der Waals surface area contributed by atoms with Crippen LogP contribution in [0.1, 0.15) is 36.6 Å². The maximum Gasteiger partial charge on any atom is 0.123 e. The van der Waals surface area contributed by atoms with E-state index in [0.29, 0.717) is 11.5 Å². The Morgan fingerprint density at radius 2 is 2.08 bits per heavy atom. The third-order valence-electron chi connectivity index (χ3n) is 5.47. The van der Waals surface area contributed by atoms with E-state index in [-0.39, 0.29) is 0 Å². The maximum atomic E-state index is 5.75. The molecule has 4 heteroatoms. The molecular weight excluding hydrogens is 316 g/mol. The van der Waals surface area contributed by atoms with Gasteiger partial charge in [-0.3, -0.25) is 4.90 Å². The summed E-state index contributed by atoms with van der Waals surface area (Å²) in [5.74, 6) is 0. The average Bonchev–Trinajstić information content (AvgIpc) is 3.16. The Hall–Kier alpha value is -1.23. The molecule has 0 unspecified atom stereocenters. The van der Waals surface area contributed by atoms with Gasteiger partial charge in [-0.25, -0.2) is 4.98 Å². The van der Waals surface area contributed by atoms with Gasteiger partial charge in [-0.05, 0) is 45.1 Å². The number of likely N-dealkylation sites (tertiary alicyclic amines) is 1. The van der Waals surface area contributed by atoms with E-state index in [0.717, 1.165) is 18.2 Å². The molecule has 24 heavy (non-hydrogen) atoms. The molecule has 128 valence electrons. The highest BCUT2D eigenvalue weighted by Crippen LogP contribution is 2.49. The molecule has 3 nitrogen and oxygen atoms in total. The van der Waals surface area contributed by atoms with Crippen LogP contribution in [0.4, 0.5) is 0 Å². The summed E-state index contributed by atoms with van der Waals surface area (Å²) in [5, 5.41) is 1.14. The van der Waals surface area contributed by atoms with Crippen molar-refractivity contribution in [3.05, 3.63) is 40.9 Å². The van der Waals surface area contributed by atoms with Crippen molar-refractivity contribution in [2.45, 2.75) is 45.8 Å². The van der Waals surface area contributed by atoms with Gasteiger partial charge in [-0.2, -0.15) is 0 Å². The second kappa shape index (κ2) is 6.58. The molecule has 1 aromatic carbocycles. The molecule has 0 atom stereocenters. The number of benzene rings is 1. The largest absolute Gasteiger partial charge is 0.378 e. The van der Waals surface area contributed by atoms with Gasteiger partial charge in [0, 0.05) is 36.3 Å². The number of hydrogen-bond acceptors (Lipinski definition) is 4. The van der Waals surface area contributed by atoms with Gasteiger partial charge in [0.2, 0.25) is 0 Å². The zero-order valence-electron chi connectivity index (χ0n) is 14.6. The molecule has 1 aliphatic heterocycles. The molecule has 1 aromatic heterocycles. The van der Waals surface area contributed by atoms with Crippen LogP contribution in [-0.2, 0) is 11.3 Å². The number of aryl methyl sites for hydroxylation is 1. The van der Waals surface area contributed by atoms with E-state index < -0.39 is 0 Å². The monoisotopic (exact) mass is 342 g/mol. The first-order valence-corrected chi connectivity index (χ1v) is 9.83. The van der Waals surface area contributed by atoms with Crippen LogP contribution in [0.5, 0.6) is 0 Å². The SMILES string of the molecule is CCOC1CC2(CCN(Cc3cnc(-c4ccc(C)cc4)s3)C2)C1. The fourth-order valence-corrected chi connectivity index (χ4v) is 5.15. The molecule has 1 spiro atoms. The zero-order chi connectivity index (χ0) is 16.6. The van der Waals surface area contributed by atoms with Crippen LogP contribution in [0.2, 0.25) is 0 Å². The first-order valence-electron chi connectivity index (χ1n) is 9.01. The summed E-state index contributed by atoms with van der Waals surface area (Å²) in [7, 11) is 0. The fraction of sp³-hybridized carbons (Fsp3) is 0.550. The highest BCUT2D eigenvalue weighted by molar-refractivity contribution is 7.15. The van der Waals surface area contributed by atoms with Gasteiger partial charge in [0.25, 0.3) is 0 Å². The predicted molar refractivity (Wildman–Crippen MR) is 99.3 cm³/mol. The van der Waals surface area contributed by atoms with Crippen LogP contribution in [-0.4, -0.2) is 35.7 Å². The lowest BCUT2D eigenvalue weighted by Gasteiger charge is -2.44. The fourth-order valence-electron chi connectivity index (χ4n) is 4.19. The van der Waals surface area contributed by atoms with Crippen molar-refractivity contribution in [3.8, 4) is 10.6 Å². The Morgan fingerprint density at radius 3 is 2.83 bits per heavy atom. The van der Waals surface area contributed by atoms with Crippen molar-refractivity contribution in [2.24, 2.45) is 5.41 Å². The van der Waals surface area contributed by atoms with Gasteiger partial charge in [0.15, 0.2) is 0 Å². The van der Waals surface area contributed by atoms with Crippen LogP contribution < -0.4 is 0 Å². The van der Waals surface area contributed by atoms with Gasteiger partial charge >= 0.3 is 0 Å². The minimum absolute atomic E-state index is 0.520. The minimum Gasteiger partial charge on any atom is -0.378 e. The van der Waals surface area contributed by atoms with Crippen LogP contribution in [0, 0.1) is 12.3 Å². The van der Waals surface area contributed by atoms with Crippen molar-refractivity contribution in [3.63, 3.8) is 0 Å². The quantitative estimate of drug-likeness (QED) is 0.799. The summed E-state index contributed by atoms with van der Waals surface area (Å²) in [6.45, 7) is 8.57. The summed E-state index contributed by atoms with van der Waals surface area (Å²) < 4.78 is 5.75. The minimum atomic E-state index is 0.520. The van der Waals surface area contributed by atoms with Crippen LogP contribution in [0.25, 0.3) is 10.6 Å². The van der Waals surface area contributed by atoms with Crippen molar-refractivity contribution in [1.29, 1.82) is 0 Å². The summed E-state index contributed by atoms with van der Waals surface area (Å²) >= 11 is 1.84. The normalized spacial score (nSPS) is 26.8. The Labute approximate surface area is 148 Å². The Kier molecular flexibility index (Phi) is 4.46. The lowest BCUT2D eigenvalue weighted by Crippen LogP contribution is -2.44. The first kappa shape index (κ1) is 16.2. The van der Waals surface area contributed by atoms with Gasteiger partial charge in [-0.15, -0.1) is 11.3 Å². The second-order valence-corrected chi connectivity index (χ2v) is 8.56. The third-order valence-corrected chi connectivity index (χ3v) is 6.50. The molecule has 0 bridgehead atoms. The Bertz CT molecular complexity index is 688. The van der Waals surface area contributed by atoms with Gasteiger partial charge in [0.1, 0.15) is 5.01 Å². The van der Waals surface area contributed by atoms with Crippen LogP contribution >= 0.6 is 11.3 Å². The molecule has 4 rings (SSSR count). The highest BCUT2D eigenvalue weighted by atomic mass is 32.1.